The normalized spacial score (nSPS) is 19.1. The lowest BCUT2D eigenvalue weighted by molar-refractivity contribution is 0.155. The van der Waals surface area contributed by atoms with Crippen molar-refractivity contribution in [2.75, 3.05) is 24.1 Å². The van der Waals surface area contributed by atoms with Crippen molar-refractivity contribution in [1.29, 1.82) is 0 Å². The molecule has 1 saturated heterocycles. The number of hydrogen-bond acceptors (Lipinski definition) is 1. The van der Waals surface area contributed by atoms with E-state index in [0.29, 0.717) is 0 Å². The van der Waals surface area contributed by atoms with E-state index in [0.717, 1.165) is 11.8 Å². The van der Waals surface area contributed by atoms with E-state index < -0.39 is 0 Å². The van der Waals surface area contributed by atoms with Gasteiger partial charge in [0.1, 0.15) is 0 Å². The molecule has 0 aromatic heterocycles. The van der Waals surface area contributed by atoms with Gasteiger partial charge in [0, 0.05) is 0 Å². The third-order valence-corrected chi connectivity index (χ3v) is 4.95. The maximum absolute atomic E-state index is 2.69. The monoisotopic (exact) mass is 351 g/mol. The molecular formula is C15H30IN. The smallest absolute Gasteiger partial charge is 0.000473 e. The Kier molecular flexibility index (Phi) is 8.89. The van der Waals surface area contributed by atoms with Crippen molar-refractivity contribution >= 4 is 22.6 Å². The van der Waals surface area contributed by atoms with Crippen LogP contribution in [0, 0.1) is 11.8 Å². The Hall–Kier alpha value is 0.690. The molecule has 1 nitrogen and oxygen atoms in total. The van der Waals surface area contributed by atoms with E-state index in [1.165, 1.54) is 69.0 Å². The summed E-state index contributed by atoms with van der Waals surface area (Å²) >= 11 is 2.48. The first kappa shape index (κ1) is 15.7. The standard InChI is InChI=1S/C15H30IN/c1-14(2)15-8-12-17(13-9-15)11-7-5-3-4-6-10-16/h14-15H,3-13H2,1-2H3. The molecule has 0 amide bonds. The summed E-state index contributed by atoms with van der Waals surface area (Å²) in [6, 6.07) is 0. The van der Waals surface area contributed by atoms with Crippen LogP contribution in [0.3, 0.4) is 0 Å². The molecule has 0 aromatic rings. The Morgan fingerprint density at radius 3 is 2.18 bits per heavy atom. The predicted molar refractivity (Wildman–Crippen MR) is 86.0 cm³/mol. The van der Waals surface area contributed by atoms with Gasteiger partial charge in [-0.3, -0.25) is 0 Å². The first-order valence-electron chi connectivity index (χ1n) is 7.52. The number of nitrogens with zero attached hydrogens (tertiary/aromatic N) is 1. The maximum Gasteiger partial charge on any atom is -0.000473 e. The molecule has 1 fully saturated rings. The van der Waals surface area contributed by atoms with Crippen molar-refractivity contribution in [2.24, 2.45) is 11.8 Å². The highest BCUT2D eigenvalue weighted by Crippen LogP contribution is 2.24. The van der Waals surface area contributed by atoms with E-state index >= 15 is 0 Å². The molecule has 0 N–H and O–H groups in total. The highest BCUT2D eigenvalue weighted by molar-refractivity contribution is 14.1. The minimum absolute atomic E-state index is 0.894. The lowest BCUT2D eigenvalue weighted by Crippen LogP contribution is -2.35. The van der Waals surface area contributed by atoms with Gasteiger partial charge in [-0.15, -0.1) is 0 Å². The predicted octanol–water partition coefficient (Wildman–Crippen LogP) is 4.74. The van der Waals surface area contributed by atoms with Gasteiger partial charge in [-0.05, 0) is 61.6 Å². The van der Waals surface area contributed by atoms with Gasteiger partial charge in [0.15, 0.2) is 0 Å². The summed E-state index contributed by atoms with van der Waals surface area (Å²) in [5.41, 5.74) is 0. The van der Waals surface area contributed by atoms with Crippen LogP contribution in [0.2, 0.25) is 0 Å². The minimum Gasteiger partial charge on any atom is -0.303 e. The molecule has 102 valence electrons. The third kappa shape index (κ3) is 7.00. The van der Waals surface area contributed by atoms with Gasteiger partial charge in [0.25, 0.3) is 0 Å². The van der Waals surface area contributed by atoms with E-state index in [-0.39, 0.29) is 0 Å². The largest absolute Gasteiger partial charge is 0.303 e. The van der Waals surface area contributed by atoms with Crippen molar-refractivity contribution < 1.29 is 0 Å². The number of unbranched alkanes of at least 4 members (excludes halogenated alkanes) is 4. The summed E-state index contributed by atoms with van der Waals surface area (Å²) in [5.74, 6) is 1.89. The van der Waals surface area contributed by atoms with Gasteiger partial charge in [-0.25, -0.2) is 0 Å². The van der Waals surface area contributed by atoms with Crippen molar-refractivity contribution in [3.8, 4) is 0 Å². The average molecular weight is 351 g/mol. The number of piperidine rings is 1. The molecule has 17 heavy (non-hydrogen) atoms. The van der Waals surface area contributed by atoms with Crippen LogP contribution < -0.4 is 0 Å². The van der Waals surface area contributed by atoms with Crippen LogP contribution >= 0.6 is 22.6 Å². The van der Waals surface area contributed by atoms with Crippen molar-refractivity contribution in [2.45, 2.75) is 58.8 Å². The Balaban J connectivity index is 1.95. The zero-order chi connectivity index (χ0) is 12.5. The highest BCUT2D eigenvalue weighted by atomic mass is 127. The minimum atomic E-state index is 0.894. The number of rotatable bonds is 8. The van der Waals surface area contributed by atoms with Gasteiger partial charge < -0.3 is 4.90 Å². The zero-order valence-corrected chi connectivity index (χ0v) is 13.9. The molecule has 1 aliphatic rings. The summed E-state index contributed by atoms with van der Waals surface area (Å²) in [6.45, 7) is 8.84. The van der Waals surface area contributed by atoms with Gasteiger partial charge in [-0.2, -0.15) is 0 Å². The van der Waals surface area contributed by atoms with Crippen LogP contribution in [0.1, 0.15) is 58.8 Å². The second-order valence-electron chi connectivity index (χ2n) is 5.88. The Morgan fingerprint density at radius 2 is 1.59 bits per heavy atom. The SMILES string of the molecule is CC(C)C1CCN(CCCCCCCI)CC1. The van der Waals surface area contributed by atoms with Crippen LogP contribution in [-0.2, 0) is 0 Å². The molecule has 0 aromatic carbocycles. The molecular weight excluding hydrogens is 321 g/mol. The molecule has 0 unspecified atom stereocenters. The van der Waals surface area contributed by atoms with Gasteiger partial charge in [-0.1, -0.05) is 55.7 Å². The number of likely N-dealkylation sites (tertiary alicyclic amines) is 1. The molecule has 0 saturated carbocycles. The van der Waals surface area contributed by atoms with Crippen LogP contribution in [-0.4, -0.2) is 29.0 Å². The first-order chi connectivity index (χ1) is 8.24. The van der Waals surface area contributed by atoms with Crippen LogP contribution in [0.4, 0.5) is 0 Å². The Morgan fingerprint density at radius 1 is 1.00 bits per heavy atom. The number of alkyl halides is 1. The lowest BCUT2D eigenvalue weighted by atomic mass is 9.87. The zero-order valence-electron chi connectivity index (χ0n) is 11.8. The fourth-order valence-corrected chi connectivity index (χ4v) is 3.34. The lowest BCUT2D eigenvalue weighted by Gasteiger charge is -2.33. The molecule has 1 heterocycles. The van der Waals surface area contributed by atoms with Crippen LogP contribution in [0.25, 0.3) is 0 Å². The molecule has 0 radical (unpaired) electrons. The fourth-order valence-electron chi connectivity index (χ4n) is 2.80. The van der Waals surface area contributed by atoms with E-state index in [9.17, 15) is 0 Å². The van der Waals surface area contributed by atoms with E-state index in [2.05, 4.69) is 41.3 Å². The maximum atomic E-state index is 2.69. The van der Waals surface area contributed by atoms with E-state index in [1.54, 1.807) is 0 Å². The molecule has 0 aliphatic carbocycles. The van der Waals surface area contributed by atoms with Gasteiger partial charge >= 0.3 is 0 Å². The summed E-state index contributed by atoms with van der Waals surface area (Å²) in [5, 5.41) is 0. The molecule has 1 aliphatic heterocycles. The topological polar surface area (TPSA) is 3.24 Å². The van der Waals surface area contributed by atoms with Gasteiger partial charge in [0.2, 0.25) is 0 Å². The average Bonchev–Trinajstić information content (AvgIpc) is 2.34. The molecule has 0 spiro atoms. The van der Waals surface area contributed by atoms with Crippen molar-refractivity contribution in [1.82, 2.24) is 4.90 Å². The first-order valence-corrected chi connectivity index (χ1v) is 9.05. The van der Waals surface area contributed by atoms with E-state index in [1.807, 2.05) is 0 Å². The summed E-state index contributed by atoms with van der Waals surface area (Å²) in [6.07, 6.45) is 10.1. The third-order valence-electron chi connectivity index (χ3n) is 4.18. The van der Waals surface area contributed by atoms with Gasteiger partial charge in [0.05, 0.1) is 0 Å². The quantitative estimate of drug-likeness (QED) is 0.347. The second kappa shape index (κ2) is 9.60. The molecule has 1 rings (SSSR count). The van der Waals surface area contributed by atoms with Crippen LogP contribution in [0.5, 0.6) is 0 Å². The summed E-state index contributed by atoms with van der Waals surface area (Å²) < 4.78 is 1.33. The van der Waals surface area contributed by atoms with E-state index in [4.69, 9.17) is 0 Å². The summed E-state index contributed by atoms with van der Waals surface area (Å²) in [4.78, 5) is 2.69. The van der Waals surface area contributed by atoms with Crippen molar-refractivity contribution in [3.05, 3.63) is 0 Å². The molecule has 2 heteroatoms. The molecule has 0 bridgehead atoms. The second-order valence-corrected chi connectivity index (χ2v) is 6.96. The number of halogens is 1. The fraction of sp³-hybridized carbons (Fsp3) is 1.00. The number of hydrogen-bond donors (Lipinski definition) is 0. The highest BCUT2D eigenvalue weighted by Gasteiger charge is 2.20. The Bertz CT molecular complexity index is 174. The Labute approximate surface area is 122 Å². The summed E-state index contributed by atoms with van der Waals surface area (Å²) in [7, 11) is 0. The van der Waals surface area contributed by atoms with Crippen LogP contribution in [0.15, 0.2) is 0 Å². The van der Waals surface area contributed by atoms with Crippen molar-refractivity contribution in [3.63, 3.8) is 0 Å². The molecule has 0 atom stereocenters.